The number of hydrogen-bond acceptors (Lipinski definition) is 2. The largest absolute Gasteiger partial charge is 0.303 e. The minimum Gasteiger partial charge on any atom is -0.303 e. The van der Waals surface area contributed by atoms with Gasteiger partial charge in [0.05, 0.1) is 0 Å². The molecule has 0 aliphatic carbocycles. The van der Waals surface area contributed by atoms with Crippen LogP contribution in [0.3, 0.4) is 0 Å². The first kappa shape index (κ1) is 11.0. The second kappa shape index (κ2) is 5.61. The van der Waals surface area contributed by atoms with E-state index in [-0.39, 0.29) is 0 Å². The lowest BCUT2D eigenvalue weighted by Gasteiger charge is -2.32. The van der Waals surface area contributed by atoms with Crippen LogP contribution >= 0.6 is 0 Å². The summed E-state index contributed by atoms with van der Waals surface area (Å²) in [5, 5.41) is 0. The summed E-state index contributed by atoms with van der Waals surface area (Å²) >= 11 is 0. The molecule has 1 heterocycles. The Hall–Kier alpha value is -0.0800. The Labute approximate surface area is 82.9 Å². The van der Waals surface area contributed by atoms with Crippen LogP contribution < -0.4 is 0 Å². The van der Waals surface area contributed by atoms with Crippen molar-refractivity contribution in [3.05, 3.63) is 0 Å². The summed E-state index contributed by atoms with van der Waals surface area (Å²) in [5.41, 5.74) is 0. The molecule has 1 aliphatic rings. The quantitative estimate of drug-likeness (QED) is 0.621. The molecule has 0 bridgehead atoms. The van der Waals surface area contributed by atoms with Crippen molar-refractivity contribution in [2.24, 2.45) is 0 Å². The lowest BCUT2D eigenvalue weighted by atomic mass is 10.2. The summed E-state index contributed by atoms with van der Waals surface area (Å²) in [6.07, 6.45) is 2.76. The van der Waals surface area contributed by atoms with Gasteiger partial charge in [-0.05, 0) is 59.4 Å². The molecule has 1 saturated heterocycles. The monoisotopic (exact) mass is 184 g/mol. The summed E-state index contributed by atoms with van der Waals surface area (Å²) in [6.45, 7) is 13.3. The predicted molar refractivity (Wildman–Crippen MR) is 58.1 cm³/mol. The molecule has 0 spiro atoms. The van der Waals surface area contributed by atoms with Crippen LogP contribution in [0.25, 0.3) is 0 Å². The van der Waals surface area contributed by atoms with Crippen LogP contribution in [0, 0.1) is 0 Å². The molecule has 0 N–H and O–H groups in total. The number of likely N-dealkylation sites (tertiary alicyclic amines) is 1. The van der Waals surface area contributed by atoms with Crippen molar-refractivity contribution in [3.8, 4) is 0 Å². The number of nitrogens with zero attached hydrogens (tertiary/aromatic N) is 2. The molecule has 0 aromatic rings. The number of rotatable bonds is 6. The average Bonchev–Trinajstić information content (AvgIpc) is 2.00. The molecular formula is C11H24N2. The van der Waals surface area contributed by atoms with Crippen molar-refractivity contribution >= 4 is 0 Å². The molecule has 0 unspecified atom stereocenters. The van der Waals surface area contributed by atoms with Gasteiger partial charge in [-0.1, -0.05) is 6.92 Å². The van der Waals surface area contributed by atoms with Crippen LogP contribution in [0.15, 0.2) is 0 Å². The molecular weight excluding hydrogens is 160 g/mol. The Bertz CT molecular complexity index is 130. The van der Waals surface area contributed by atoms with Crippen LogP contribution in [0.2, 0.25) is 0 Å². The van der Waals surface area contributed by atoms with E-state index in [0.29, 0.717) is 6.04 Å². The maximum atomic E-state index is 2.55. The Kier molecular flexibility index (Phi) is 4.74. The van der Waals surface area contributed by atoms with Crippen molar-refractivity contribution < 1.29 is 0 Å². The molecule has 0 atom stereocenters. The van der Waals surface area contributed by atoms with Gasteiger partial charge in [-0.25, -0.2) is 0 Å². The highest BCUT2D eigenvalue weighted by Gasteiger charge is 2.13. The summed E-state index contributed by atoms with van der Waals surface area (Å²) in [5.74, 6) is 0. The number of hydrogen-bond donors (Lipinski definition) is 0. The Morgan fingerprint density at radius 3 is 2.38 bits per heavy atom. The molecule has 0 amide bonds. The molecule has 0 aromatic heterocycles. The first-order valence-electron chi connectivity index (χ1n) is 5.70. The standard InChI is InChI=1S/C11H24N2/c1-4-13(11(2)3)10-6-9-12-7-5-8-12/h11H,4-10H2,1-3H3. The highest BCUT2D eigenvalue weighted by molar-refractivity contribution is 4.69. The van der Waals surface area contributed by atoms with E-state index in [0.717, 1.165) is 0 Å². The second-order valence-electron chi connectivity index (χ2n) is 4.27. The van der Waals surface area contributed by atoms with Crippen LogP contribution in [0.1, 0.15) is 33.6 Å². The van der Waals surface area contributed by atoms with E-state index in [2.05, 4.69) is 30.6 Å². The van der Waals surface area contributed by atoms with E-state index in [9.17, 15) is 0 Å². The van der Waals surface area contributed by atoms with Crippen LogP contribution in [-0.4, -0.2) is 48.6 Å². The minimum absolute atomic E-state index is 0.710. The van der Waals surface area contributed by atoms with Crippen molar-refractivity contribution in [3.63, 3.8) is 0 Å². The lowest BCUT2D eigenvalue weighted by molar-refractivity contribution is 0.158. The van der Waals surface area contributed by atoms with Gasteiger partial charge in [0.1, 0.15) is 0 Å². The van der Waals surface area contributed by atoms with Gasteiger partial charge in [0.2, 0.25) is 0 Å². The summed E-state index contributed by atoms with van der Waals surface area (Å²) < 4.78 is 0. The van der Waals surface area contributed by atoms with Crippen molar-refractivity contribution in [1.82, 2.24) is 9.80 Å². The van der Waals surface area contributed by atoms with Gasteiger partial charge in [-0.3, -0.25) is 0 Å². The van der Waals surface area contributed by atoms with E-state index < -0.39 is 0 Å². The zero-order chi connectivity index (χ0) is 9.68. The highest BCUT2D eigenvalue weighted by atomic mass is 15.2. The van der Waals surface area contributed by atoms with Crippen LogP contribution in [0.4, 0.5) is 0 Å². The van der Waals surface area contributed by atoms with Gasteiger partial charge in [0.25, 0.3) is 0 Å². The SMILES string of the molecule is CCN(CCCN1CCC1)C(C)C. The summed E-state index contributed by atoms with van der Waals surface area (Å²) in [4.78, 5) is 5.09. The fraction of sp³-hybridized carbons (Fsp3) is 1.00. The first-order chi connectivity index (χ1) is 6.24. The normalized spacial score (nSPS) is 18.2. The molecule has 1 fully saturated rings. The zero-order valence-electron chi connectivity index (χ0n) is 9.42. The predicted octanol–water partition coefficient (Wildman–Crippen LogP) is 1.81. The molecule has 78 valence electrons. The second-order valence-corrected chi connectivity index (χ2v) is 4.27. The third-order valence-electron chi connectivity index (χ3n) is 3.00. The van der Waals surface area contributed by atoms with E-state index in [1.807, 2.05) is 0 Å². The van der Waals surface area contributed by atoms with Crippen LogP contribution in [0.5, 0.6) is 0 Å². The van der Waals surface area contributed by atoms with Crippen molar-refractivity contribution in [1.29, 1.82) is 0 Å². The maximum absolute atomic E-state index is 2.55. The molecule has 0 saturated carbocycles. The van der Waals surface area contributed by atoms with Gasteiger partial charge >= 0.3 is 0 Å². The smallest absolute Gasteiger partial charge is 0.00384 e. The van der Waals surface area contributed by atoms with E-state index >= 15 is 0 Å². The van der Waals surface area contributed by atoms with Gasteiger partial charge in [-0.2, -0.15) is 0 Å². The zero-order valence-corrected chi connectivity index (χ0v) is 9.42. The maximum Gasteiger partial charge on any atom is 0.00384 e. The van der Waals surface area contributed by atoms with E-state index in [4.69, 9.17) is 0 Å². The summed E-state index contributed by atoms with van der Waals surface area (Å²) in [6, 6.07) is 0.710. The molecule has 2 heteroatoms. The fourth-order valence-electron chi connectivity index (χ4n) is 1.88. The molecule has 0 aromatic carbocycles. The third-order valence-corrected chi connectivity index (χ3v) is 3.00. The van der Waals surface area contributed by atoms with Gasteiger partial charge in [-0.15, -0.1) is 0 Å². The summed E-state index contributed by atoms with van der Waals surface area (Å²) in [7, 11) is 0. The fourth-order valence-corrected chi connectivity index (χ4v) is 1.88. The van der Waals surface area contributed by atoms with E-state index in [1.54, 1.807) is 0 Å². The van der Waals surface area contributed by atoms with Crippen molar-refractivity contribution in [2.75, 3.05) is 32.7 Å². The van der Waals surface area contributed by atoms with Gasteiger partial charge in [0.15, 0.2) is 0 Å². The minimum atomic E-state index is 0.710. The van der Waals surface area contributed by atoms with Crippen molar-refractivity contribution in [2.45, 2.75) is 39.7 Å². The Balaban J connectivity index is 2.01. The Morgan fingerprint density at radius 1 is 1.31 bits per heavy atom. The molecule has 13 heavy (non-hydrogen) atoms. The lowest BCUT2D eigenvalue weighted by Crippen LogP contribution is -2.40. The first-order valence-corrected chi connectivity index (χ1v) is 5.70. The third kappa shape index (κ3) is 3.65. The molecule has 1 aliphatic heterocycles. The molecule has 1 rings (SSSR count). The van der Waals surface area contributed by atoms with E-state index in [1.165, 1.54) is 45.6 Å². The average molecular weight is 184 g/mol. The van der Waals surface area contributed by atoms with Crippen LogP contribution in [-0.2, 0) is 0 Å². The Morgan fingerprint density at radius 2 is 2.00 bits per heavy atom. The van der Waals surface area contributed by atoms with Gasteiger partial charge in [0, 0.05) is 6.04 Å². The highest BCUT2D eigenvalue weighted by Crippen LogP contribution is 2.07. The molecule has 2 nitrogen and oxygen atoms in total. The molecule has 0 radical (unpaired) electrons. The van der Waals surface area contributed by atoms with Gasteiger partial charge < -0.3 is 9.80 Å². The topological polar surface area (TPSA) is 6.48 Å².